The number of ether oxygens (including phenoxy) is 2. The van der Waals surface area contributed by atoms with Crippen LogP contribution in [0.4, 0.5) is 9.18 Å². The molecule has 1 rings (SSSR count). The van der Waals surface area contributed by atoms with Crippen LogP contribution in [-0.4, -0.2) is 19.3 Å². The summed E-state index contributed by atoms with van der Waals surface area (Å²) < 4.78 is 23.4. The molecule has 16 heavy (non-hydrogen) atoms. The van der Waals surface area contributed by atoms with Crippen LogP contribution in [0.25, 0.3) is 0 Å². The number of amides is 1. The molecule has 88 valence electrons. The fourth-order valence-corrected chi connectivity index (χ4v) is 1.37. The molecule has 0 aliphatic heterocycles. The van der Waals surface area contributed by atoms with Gasteiger partial charge in [-0.1, -0.05) is 18.2 Å². The second-order valence-electron chi connectivity index (χ2n) is 3.32. The molecule has 0 saturated carbocycles. The third kappa shape index (κ3) is 2.93. The summed E-state index contributed by atoms with van der Waals surface area (Å²) in [7, 11) is 1.45. The summed E-state index contributed by atoms with van der Waals surface area (Å²) >= 11 is 0. The van der Waals surface area contributed by atoms with Crippen LogP contribution >= 0.6 is 0 Å². The minimum absolute atomic E-state index is 0.246. The highest BCUT2D eigenvalue weighted by Crippen LogP contribution is 2.25. The van der Waals surface area contributed by atoms with Gasteiger partial charge in [-0.2, -0.15) is 0 Å². The van der Waals surface area contributed by atoms with Crippen molar-refractivity contribution in [1.29, 1.82) is 0 Å². The Bertz CT molecular complexity index is 370. The van der Waals surface area contributed by atoms with Crippen molar-refractivity contribution in [2.75, 3.05) is 7.11 Å². The van der Waals surface area contributed by atoms with E-state index in [9.17, 15) is 9.18 Å². The lowest BCUT2D eigenvalue weighted by molar-refractivity contribution is -0.0125. The smallest absolute Gasteiger partial charge is 0.405 e. The van der Waals surface area contributed by atoms with Gasteiger partial charge in [0.25, 0.3) is 0 Å². The van der Waals surface area contributed by atoms with Crippen molar-refractivity contribution < 1.29 is 18.7 Å². The number of carbonyl (C=O) groups is 1. The molecule has 5 heteroatoms. The highest BCUT2D eigenvalue weighted by molar-refractivity contribution is 5.65. The Kier molecular flexibility index (Phi) is 4.25. The summed E-state index contributed by atoms with van der Waals surface area (Å²) in [6.45, 7) is 1.67. The highest BCUT2D eigenvalue weighted by Gasteiger charge is 2.25. The molecule has 0 spiro atoms. The van der Waals surface area contributed by atoms with Crippen LogP contribution in [0.1, 0.15) is 18.6 Å². The second kappa shape index (κ2) is 5.46. The fraction of sp³-hybridized carbons (Fsp3) is 0.364. The Balaban J connectivity index is 3.01. The molecule has 0 aromatic heterocycles. The molecule has 0 heterocycles. The molecular weight excluding hydrogens is 213 g/mol. The van der Waals surface area contributed by atoms with Crippen LogP contribution in [0.2, 0.25) is 0 Å². The van der Waals surface area contributed by atoms with Crippen molar-refractivity contribution in [1.82, 2.24) is 0 Å². The number of halogens is 1. The molecule has 2 N–H and O–H groups in total. The summed E-state index contributed by atoms with van der Waals surface area (Å²) in [5.41, 5.74) is 5.18. The lowest BCUT2D eigenvalue weighted by Crippen LogP contribution is -2.26. The first kappa shape index (κ1) is 12.4. The van der Waals surface area contributed by atoms with Crippen molar-refractivity contribution >= 4 is 6.09 Å². The predicted octanol–water partition coefficient (Wildman–Crippen LogP) is 2.00. The number of benzene rings is 1. The van der Waals surface area contributed by atoms with Gasteiger partial charge in [-0.3, -0.25) is 0 Å². The first-order chi connectivity index (χ1) is 7.56. The van der Waals surface area contributed by atoms with Gasteiger partial charge in [-0.15, -0.1) is 0 Å². The van der Waals surface area contributed by atoms with E-state index in [4.69, 9.17) is 15.2 Å². The first-order valence-corrected chi connectivity index (χ1v) is 4.79. The van der Waals surface area contributed by atoms with Gasteiger partial charge in [0.05, 0.1) is 6.10 Å². The molecular formula is C11H14FNO3. The standard InChI is InChI=1S/C11H14FNO3/c1-7(15-2)10(16-11(13)14)8-5-3-4-6-9(8)12/h3-7,10H,1-2H3,(H2,13,14)/t7-,10+/m0/s1. The maximum absolute atomic E-state index is 13.5. The van der Waals surface area contributed by atoms with E-state index in [-0.39, 0.29) is 5.56 Å². The van der Waals surface area contributed by atoms with Crippen LogP contribution in [0.5, 0.6) is 0 Å². The molecule has 0 saturated heterocycles. The zero-order valence-corrected chi connectivity index (χ0v) is 9.14. The molecule has 0 aliphatic carbocycles. The minimum atomic E-state index is -0.961. The zero-order chi connectivity index (χ0) is 12.1. The van der Waals surface area contributed by atoms with Gasteiger partial charge in [-0.05, 0) is 13.0 Å². The molecule has 0 unspecified atom stereocenters. The maximum Gasteiger partial charge on any atom is 0.405 e. The molecule has 0 radical (unpaired) electrons. The minimum Gasteiger partial charge on any atom is -0.439 e. The Morgan fingerprint density at radius 1 is 1.44 bits per heavy atom. The quantitative estimate of drug-likeness (QED) is 0.855. The van der Waals surface area contributed by atoms with Crippen molar-refractivity contribution in [2.24, 2.45) is 5.73 Å². The molecule has 1 aromatic rings. The topological polar surface area (TPSA) is 61.6 Å². The Labute approximate surface area is 93.2 Å². The highest BCUT2D eigenvalue weighted by atomic mass is 19.1. The lowest BCUT2D eigenvalue weighted by Gasteiger charge is -2.22. The van der Waals surface area contributed by atoms with Crippen LogP contribution in [-0.2, 0) is 9.47 Å². The average Bonchev–Trinajstić information content (AvgIpc) is 2.26. The molecule has 2 atom stereocenters. The molecule has 0 fully saturated rings. The summed E-state index contributed by atoms with van der Waals surface area (Å²) in [6, 6.07) is 6.02. The van der Waals surface area contributed by atoms with Crippen molar-refractivity contribution in [3.63, 3.8) is 0 Å². The SMILES string of the molecule is CO[C@@H](C)[C@@H](OC(N)=O)c1ccccc1F. The van der Waals surface area contributed by atoms with Crippen molar-refractivity contribution in [3.05, 3.63) is 35.6 Å². The van der Waals surface area contributed by atoms with Gasteiger partial charge in [0.1, 0.15) is 5.82 Å². The summed E-state index contributed by atoms with van der Waals surface area (Å²) in [4.78, 5) is 10.7. The fourth-order valence-electron chi connectivity index (χ4n) is 1.37. The van der Waals surface area contributed by atoms with E-state index in [0.717, 1.165) is 0 Å². The number of primary amides is 1. The summed E-state index contributed by atoms with van der Waals surface area (Å²) in [6.07, 6.45) is -2.29. The summed E-state index contributed by atoms with van der Waals surface area (Å²) in [5, 5.41) is 0. The predicted molar refractivity (Wildman–Crippen MR) is 56.3 cm³/mol. The largest absolute Gasteiger partial charge is 0.439 e. The van der Waals surface area contributed by atoms with E-state index >= 15 is 0 Å². The Morgan fingerprint density at radius 3 is 2.56 bits per heavy atom. The average molecular weight is 227 g/mol. The van der Waals surface area contributed by atoms with E-state index in [1.54, 1.807) is 19.1 Å². The number of hydrogen-bond donors (Lipinski definition) is 1. The van der Waals surface area contributed by atoms with Crippen LogP contribution in [0.15, 0.2) is 24.3 Å². The molecule has 1 aromatic carbocycles. The third-order valence-electron chi connectivity index (χ3n) is 2.25. The molecule has 0 bridgehead atoms. The number of nitrogens with two attached hydrogens (primary N) is 1. The van der Waals surface area contributed by atoms with Gasteiger partial charge in [0, 0.05) is 12.7 Å². The zero-order valence-electron chi connectivity index (χ0n) is 9.14. The van der Waals surface area contributed by atoms with Gasteiger partial charge in [-0.25, -0.2) is 9.18 Å². The van der Waals surface area contributed by atoms with E-state index in [1.807, 2.05) is 0 Å². The molecule has 1 amide bonds. The van der Waals surface area contributed by atoms with Crippen LogP contribution < -0.4 is 5.73 Å². The monoisotopic (exact) mass is 227 g/mol. The van der Waals surface area contributed by atoms with E-state index in [2.05, 4.69) is 0 Å². The van der Waals surface area contributed by atoms with Gasteiger partial charge in [0.2, 0.25) is 0 Å². The Morgan fingerprint density at radius 2 is 2.06 bits per heavy atom. The third-order valence-corrected chi connectivity index (χ3v) is 2.25. The Hall–Kier alpha value is -1.62. The van der Waals surface area contributed by atoms with E-state index in [0.29, 0.717) is 0 Å². The molecule has 0 aliphatic rings. The number of carbonyl (C=O) groups excluding carboxylic acids is 1. The van der Waals surface area contributed by atoms with Crippen LogP contribution in [0.3, 0.4) is 0 Å². The van der Waals surface area contributed by atoms with Crippen molar-refractivity contribution in [3.8, 4) is 0 Å². The van der Waals surface area contributed by atoms with Gasteiger partial charge in [0.15, 0.2) is 6.10 Å². The van der Waals surface area contributed by atoms with Gasteiger partial charge < -0.3 is 15.2 Å². The van der Waals surface area contributed by atoms with E-state index < -0.39 is 24.1 Å². The summed E-state index contributed by atoms with van der Waals surface area (Å²) in [5.74, 6) is -0.461. The van der Waals surface area contributed by atoms with Crippen molar-refractivity contribution in [2.45, 2.75) is 19.1 Å². The van der Waals surface area contributed by atoms with Crippen LogP contribution in [0, 0.1) is 5.82 Å². The normalized spacial score (nSPS) is 14.2. The van der Waals surface area contributed by atoms with E-state index in [1.165, 1.54) is 19.2 Å². The maximum atomic E-state index is 13.5. The molecule has 4 nitrogen and oxygen atoms in total. The lowest BCUT2D eigenvalue weighted by atomic mass is 10.0. The second-order valence-corrected chi connectivity index (χ2v) is 3.32. The number of methoxy groups -OCH3 is 1. The number of hydrogen-bond acceptors (Lipinski definition) is 3. The number of rotatable bonds is 4. The first-order valence-electron chi connectivity index (χ1n) is 4.79. The van der Waals surface area contributed by atoms with Gasteiger partial charge >= 0.3 is 6.09 Å².